The molecule has 4 atom stereocenters. The fraction of sp³-hybridized carbons (Fsp3) is 0.417. The number of rotatable bonds is 2. The van der Waals surface area contributed by atoms with Crippen molar-refractivity contribution in [3.05, 3.63) is 18.2 Å². The molecule has 1 fully saturated rings. The number of ether oxygens (including phenoxy) is 1. The Morgan fingerprint density at radius 2 is 2.33 bits per heavy atom. The normalized spacial score (nSPS) is 32.4. The minimum absolute atomic E-state index is 0.110. The number of aliphatic hydroxyl groups excluding tert-OH is 2. The van der Waals surface area contributed by atoms with Crippen LogP contribution in [0.1, 0.15) is 11.8 Å². The summed E-state index contributed by atoms with van der Waals surface area (Å²) in [4.78, 5) is 7.76. The molecule has 0 amide bonds. The number of imidazole rings is 1. The molecule has 0 aromatic carbocycles. The molecule has 9 heteroatoms. The Kier molecular flexibility index (Phi) is 3.02. The lowest BCUT2D eigenvalue weighted by Crippen LogP contribution is -2.41. The lowest BCUT2D eigenvalue weighted by atomic mass is 9.92. The first-order valence-corrected chi connectivity index (χ1v) is 6.08. The third-order valence-electron chi connectivity index (χ3n) is 3.50. The molecule has 3 rings (SSSR count). The monoisotopic (exact) mass is 293 g/mol. The van der Waals surface area contributed by atoms with Crippen LogP contribution in [0.25, 0.3) is 5.65 Å². The average Bonchev–Trinajstić information content (AvgIpc) is 3.01. The van der Waals surface area contributed by atoms with Crippen molar-refractivity contribution in [3.63, 3.8) is 0 Å². The predicted octanol–water partition coefficient (Wildman–Crippen LogP) is -1.16. The van der Waals surface area contributed by atoms with Crippen molar-refractivity contribution in [2.45, 2.75) is 24.0 Å². The molecule has 2 aromatic rings. The van der Waals surface area contributed by atoms with E-state index >= 15 is 0 Å². The van der Waals surface area contributed by atoms with Gasteiger partial charge in [0.05, 0.1) is 18.5 Å². The molecule has 0 saturated carbocycles. The number of nitrogens with zero attached hydrogens (tertiary/aromatic N) is 4. The zero-order valence-electron chi connectivity index (χ0n) is 10.7. The standard InChI is InChI=1S/C12H12FN5O3/c1-2-12(13)8(20)7(4-19)21-9(12)6-3-15-11-10(14)16-5-17-18(6)11/h1,3,5,7-9,19-20H,4H2,(H2,14,16,17)/t7-,8-,9+,12-/m1/s1. The van der Waals surface area contributed by atoms with Gasteiger partial charge in [-0.15, -0.1) is 6.42 Å². The second-order valence-corrected chi connectivity index (χ2v) is 4.66. The number of terminal acetylenes is 1. The fourth-order valence-corrected chi connectivity index (χ4v) is 2.39. The second kappa shape index (κ2) is 4.63. The maximum Gasteiger partial charge on any atom is 0.230 e. The van der Waals surface area contributed by atoms with Gasteiger partial charge >= 0.3 is 0 Å². The third kappa shape index (κ3) is 1.77. The van der Waals surface area contributed by atoms with Gasteiger partial charge < -0.3 is 20.7 Å². The minimum atomic E-state index is -2.51. The van der Waals surface area contributed by atoms with E-state index in [1.165, 1.54) is 17.0 Å². The Morgan fingerprint density at radius 3 is 3.00 bits per heavy atom. The van der Waals surface area contributed by atoms with Gasteiger partial charge in [-0.3, -0.25) is 0 Å². The van der Waals surface area contributed by atoms with Gasteiger partial charge in [-0.2, -0.15) is 5.10 Å². The minimum Gasteiger partial charge on any atom is -0.394 e. The SMILES string of the molecule is C#C[C@@]1(F)[C@H](O)[C@@H](CO)O[C@H]1c1cnc2c(N)ncnn12. The van der Waals surface area contributed by atoms with Gasteiger partial charge in [0.1, 0.15) is 24.6 Å². The van der Waals surface area contributed by atoms with E-state index in [1.54, 1.807) is 0 Å². The number of halogens is 1. The first kappa shape index (κ1) is 13.7. The zero-order chi connectivity index (χ0) is 15.2. The van der Waals surface area contributed by atoms with Crippen LogP contribution in [0.5, 0.6) is 0 Å². The molecule has 0 aliphatic carbocycles. The molecule has 4 N–H and O–H groups in total. The second-order valence-electron chi connectivity index (χ2n) is 4.66. The van der Waals surface area contributed by atoms with Crippen molar-refractivity contribution in [2.24, 2.45) is 0 Å². The average molecular weight is 293 g/mol. The van der Waals surface area contributed by atoms with Gasteiger partial charge in [0.2, 0.25) is 5.67 Å². The number of anilines is 1. The lowest BCUT2D eigenvalue weighted by Gasteiger charge is -2.21. The van der Waals surface area contributed by atoms with E-state index in [1.807, 2.05) is 5.92 Å². The Labute approximate surface area is 118 Å². The summed E-state index contributed by atoms with van der Waals surface area (Å²) in [7, 11) is 0. The van der Waals surface area contributed by atoms with Crippen LogP contribution < -0.4 is 5.73 Å². The number of nitrogens with two attached hydrogens (primary N) is 1. The van der Waals surface area contributed by atoms with Crippen LogP contribution in [0.2, 0.25) is 0 Å². The first-order valence-electron chi connectivity index (χ1n) is 6.08. The molecular formula is C12H12FN5O3. The quantitative estimate of drug-likeness (QED) is 0.598. The van der Waals surface area contributed by atoms with Crippen molar-refractivity contribution < 1.29 is 19.3 Å². The zero-order valence-corrected chi connectivity index (χ0v) is 10.7. The van der Waals surface area contributed by atoms with Gasteiger partial charge in [-0.1, -0.05) is 5.92 Å². The maximum atomic E-state index is 14.9. The smallest absolute Gasteiger partial charge is 0.230 e. The number of alkyl halides is 1. The highest BCUT2D eigenvalue weighted by atomic mass is 19.1. The predicted molar refractivity (Wildman–Crippen MR) is 68.6 cm³/mol. The van der Waals surface area contributed by atoms with E-state index in [2.05, 4.69) is 15.1 Å². The van der Waals surface area contributed by atoms with Crippen LogP contribution in [0.4, 0.5) is 10.2 Å². The lowest BCUT2D eigenvalue weighted by molar-refractivity contribution is -0.0243. The summed E-state index contributed by atoms with van der Waals surface area (Å²) in [5, 5.41) is 23.0. The van der Waals surface area contributed by atoms with Crippen molar-refractivity contribution in [1.82, 2.24) is 19.6 Å². The van der Waals surface area contributed by atoms with E-state index < -0.39 is 30.6 Å². The third-order valence-corrected chi connectivity index (χ3v) is 3.50. The van der Waals surface area contributed by atoms with Gasteiger partial charge in [0.25, 0.3) is 0 Å². The summed E-state index contributed by atoms with van der Waals surface area (Å²) in [5.41, 5.74) is 3.53. The van der Waals surface area contributed by atoms with Crippen molar-refractivity contribution in [2.75, 3.05) is 12.3 Å². The van der Waals surface area contributed by atoms with E-state index in [-0.39, 0.29) is 17.2 Å². The number of fused-ring (bicyclic) bond motifs is 1. The molecule has 1 saturated heterocycles. The molecule has 8 nitrogen and oxygen atoms in total. The van der Waals surface area contributed by atoms with Gasteiger partial charge in [0, 0.05) is 0 Å². The van der Waals surface area contributed by atoms with Gasteiger partial charge in [0.15, 0.2) is 11.5 Å². The molecule has 110 valence electrons. The molecule has 0 bridgehead atoms. The van der Waals surface area contributed by atoms with E-state index in [0.29, 0.717) is 0 Å². The highest BCUT2D eigenvalue weighted by Crippen LogP contribution is 2.44. The number of hydrogen-bond acceptors (Lipinski definition) is 7. The Bertz CT molecular complexity index is 729. The summed E-state index contributed by atoms with van der Waals surface area (Å²) in [6.07, 6.45) is 3.55. The topological polar surface area (TPSA) is 119 Å². The number of nitrogen functional groups attached to an aromatic ring is 1. The Balaban J connectivity index is 2.14. The summed E-state index contributed by atoms with van der Waals surface area (Å²) in [6.45, 7) is -0.571. The van der Waals surface area contributed by atoms with Gasteiger partial charge in [-0.05, 0) is 0 Å². The van der Waals surface area contributed by atoms with Crippen LogP contribution in [0, 0.1) is 12.3 Å². The van der Waals surface area contributed by atoms with Crippen LogP contribution in [0.3, 0.4) is 0 Å². The highest BCUT2D eigenvalue weighted by Gasteiger charge is 2.57. The van der Waals surface area contributed by atoms with Crippen molar-refractivity contribution in [1.29, 1.82) is 0 Å². The Hall–Kier alpha value is -2.28. The van der Waals surface area contributed by atoms with E-state index in [0.717, 1.165) is 0 Å². The Morgan fingerprint density at radius 1 is 1.57 bits per heavy atom. The summed E-state index contributed by atoms with van der Waals surface area (Å²) in [5.74, 6) is 2.01. The molecule has 2 aromatic heterocycles. The number of hydrogen-bond donors (Lipinski definition) is 3. The van der Waals surface area contributed by atoms with Crippen molar-refractivity contribution >= 4 is 11.5 Å². The first-order chi connectivity index (χ1) is 10.0. The van der Waals surface area contributed by atoms with Crippen LogP contribution in [-0.4, -0.2) is 54.3 Å². The van der Waals surface area contributed by atoms with Gasteiger partial charge in [-0.25, -0.2) is 18.9 Å². The number of aromatic nitrogens is 4. The van der Waals surface area contributed by atoms with Crippen LogP contribution >= 0.6 is 0 Å². The molecule has 0 spiro atoms. The maximum absolute atomic E-state index is 14.9. The molecule has 1 aliphatic heterocycles. The molecular weight excluding hydrogens is 281 g/mol. The molecule has 3 heterocycles. The summed E-state index contributed by atoms with van der Waals surface area (Å²) < 4.78 is 21.5. The number of aliphatic hydroxyl groups is 2. The fourth-order valence-electron chi connectivity index (χ4n) is 2.39. The van der Waals surface area contributed by atoms with E-state index in [9.17, 15) is 9.50 Å². The largest absolute Gasteiger partial charge is 0.394 e. The van der Waals surface area contributed by atoms with Crippen LogP contribution in [-0.2, 0) is 4.74 Å². The molecule has 0 unspecified atom stereocenters. The highest BCUT2D eigenvalue weighted by molar-refractivity contribution is 5.59. The van der Waals surface area contributed by atoms with E-state index in [4.69, 9.17) is 22.0 Å². The van der Waals surface area contributed by atoms with Crippen molar-refractivity contribution in [3.8, 4) is 12.3 Å². The van der Waals surface area contributed by atoms with Crippen LogP contribution in [0.15, 0.2) is 12.5 Å². The molecule has 1 aliphatic rings. The summed E-state index contributed by atoms with van der Waals surface area (Å²) >= 11 is 0. The molecule has 21 heavy (non-hydrogen) atoms. The molecule has 0 radical (unpaired) electrons. The summed E-state index contributed by atoms with van der Waals surface area (Å²) in [6, 6.07) is 0.